The van der Waals surface area contributed by atoms with Gasteiger partial charge in [-0.05, 0) is 17.7 Å². The van der Waals surface area contributed by atoms with Gasteiger partial charge in [-0.1, -0.05) is 54.6 Å². The number of allylic oxidation sites excluding steroid dienone is 1. The summed E-state index contributed by atoms with van der Waals surface area (Å²) < 4.78 is 2.76. The standard InChI is InChI=1S/C18H16N2O2/c1-19-16-12-6-5-11-15(16)17(21)20(18(19)22)13-7-10-14-8-3-2-4-9-14/h2-12H,13H2,1H3/b10-7+. The summed E-state index contributed by atoms with van der Waals surface area (Å²) in [5, 5.41) is 0.553. The van der Waals surface area contributed by atoms with Crippen molar-refractivity contribution in [2.75, 3.05) is 0 Å². The zero-order chi connectivity index (χ0) is 15.5. The average molecular weight is 292 g/mol. The molecule has 0 bridgehead atoms. The summed E-state index contributed by atoms with van der Waals surface area (Å²) in [6, 6.07) is 16.9. The molecule has 0 amide bonds. The topological polar surface area (TPSA) is 44.0 Å². The van der Waals surface area contributed by atoms with E-state index < -0.39 is 0 Å². The van der Waals surface area contributed by atoms with Crippen molar-refractivity contribution in [1.82, 2.24) is 9.13 Å². The van der Waals surface area contributed by atoms with Crippen LogP contribution in [0.3, 0.4) is 0 Å². The Morgan fingerprint density at radius 1 is 0.955 bits per heavy atom. The molecular weight excluding hydrogens is 276 g/mol. The van der Waals surface area contributed by atoms with Gasteiger partial charge in [-0.2, -0.15) is 0 Å². The lowest BCUT2D eigenvalue weighted by Crippen LogP contribution is -2.38. The molecule has 4 nitrogen and oxygen atoms in total. The van der Waals surface area contributed by atoms with E-state index in [1.165, 1.54) is 9.13 Å². The average Bonchev–Trinajstić information content (AvgIpc) is 2.57. The highest BCUT2D eigenvalue weighted by Crippen LogP contribution is 2.06. The number of para-hydroxylation sites is 1. The normalized spacial score (nSPS) is 11.3. The van der Waals surface area contributed by atoms with Crippen LogP contribution in [0.1, 0.15) is 5.56 Å². The fourth-order valence-electron chi connectivity index (χ4n) is 2.48. The monoisotopic (exact) mass is 292 g/mol. The first-order valence-corrected chi connectivity index (χ1v) is 7.08. The van der Waals surface area contributed by atoms with E-state index in [-0.39, 0.29) is 17.8 Å². The predicted molar refractivity (Wildman–Crippen MR) is 88.9 cm³/mol. The summed E-state index contributed by atoms with van der Waals surface area (Å²) in [7, 11) is 1.68. The largest absolute Gasteiger partial charge is 0.331 e. The van der Waals surface area contributed by atoms with Gasteiger partial charge in [-0.25, -0.2) is 4.79 Å². The molecule has 0 saturated heterocycles. The fraction of sp³-hybridized carbons (Fsp3) is 0.111. The van der Waals surface area contributed by atoms with Crippen molar-refractivity contribution in [3.8, 4) is 0 Å². The van der Waals surface area contributed by atoms with Crippen molar-refractivity contribution in [2.24, 2.45) is 7.05 Å². The molecule has 2 aromatic carbocycles. The summed E-state index contributed by atoms with van der Waals surface area (Å²) in [4.78, 5) is 24.8. The molecule has 0 saturated carbocycles. The van der Waals surface area contributed by atoms with Crippen LogP contribution >= 0.6 is 0 Å². The highest BCUT2D eigenvalue weighted by molar-refractivity contribution is 5.77. The first kappa shape index (κ1) is 14.1. The van der Waals surface area contributed by atoms with Crippen LogP contribution in [0.15, 0.2) is 70.3 Å². The maximum atomic E-state index is 12.5. The summed E-state index contributed by atoms with van der Waals surface area (Å²) in [6.45, 7) is 0.255. The number of aryl methyl sites for hydroxylation is 1. The third kappa shape index (κ3) is 2.51. The van der Waals surface area contributed by atoms with Crippen LogP contribution in [0.5, 0.6) is 0 Å². The number of fused-ring (bicyclic) bond motifs is 1. The Kier molecular flexibility index (Phi) is 3.74. The second-order valence-electron chi connectivity index (χ2n) is 5.09. The molecule has 0 fully saturated rings. The van der Waals surface area contributed by atoms with E-state index in [0.29, 0.717) is 10.9 Å². The van der Waals surface area contributed by atoms with Crippen LogP contribution < -0.4 is 11.2 Å². The Morgan fingerprint density at radius 2 is 1.64 bits per heavy atom. The lowest BCUT2D eigenvalue weighted by Gasteiger charge is -2.08. The Balaban J connectivity index is 2.03. The molecule has 1 aromatic heterocycles. The van der Waals surface area contributed by atoms with E-state index >= 15 is 0 Å². The number of nitrogens with zero attached hydrogens (tertiary/aromatic N) is 2. The summed E-state index contributed by atoms with van der Waals surface area (Å²) in [6.07, 6.45) is 3.73. The molecule has 3 rings (SSSR count). The van der Waals surface area contributed by atoms with Gasteiger partial charge in [0.1, 0.15) is 0 Å². The van der Waals surface area contributed by atoms with Crippen molar-refractivity contribution >= 4 is 17.0 Å². The molecule has 0 aliphatic rings. The van der Waals surface area contributed by atoms with Crippen molar-refractivity contribution in [1.29, 1.82) is 0 Å². The molecule has 0 aliphatic carbocycles. The van der Waals surface area contributed by atoms with Crippen LogP contribution in [0, 0.1) is 0 Å². The minimum Gasteiger partial charge on any atom is -0.296 e. The second kappa shape index (κ2) is 5.85. The van der Waals surface area contributed by atoms with Crippen molar-refractivity contribution in [3.63, 3.8) is 0 Å². The van der Waals surface area contributed by atoms with Crippen molar-refractivity contribution < 1.29 is 0 Å². The second-order valence-corrected chi connectivity index (χ2v) is 5.09. The van der Waals surface area contributed by atoms with E-state index in [9.17, 15) is 9.59 Å². The number of benzene rings is 2. The Hall–Kier alpha value is -2.88. The van der Waals surface area contributed by atoms with Crippen LogP contribution in [-0.2, 0) is 13.6 Å². The first-order valence-electron chi connectivity index (χ1n) is 7.08. The van der Waals surface area contributed by atoms with E-state index in [1.54, 1.807) is 25.2 Å². The van der Waals surface area contributed by atoms with Crippen LogP contribution in [0.2, 0.25) is 0 Å². The Morgan fingerprint density at radius 3 is 2.41 bits per heavy atom. The molecule has 110 valence electrons. The number of aromatic nitrogens is 2. The maximum Gasteiger partial charge on any atom is 0.331 e. The molecule has 22 heavy (non-hydrogen) atoms. The minimum atomic E-state index is -0.304. The van der Waals surface area contributed by atoms with E-state index in [0.717, 1.165) is 5.56 Å². The Labute approximate surface area is 127 Å². The molecule has 4 heteroatoms. The molecule has 0 spiro atoms. The van der Waals surface area contributed by atoms with Gasteiger partial charge >= 0.3 is 5.69 Å². The maximum absolute atomic E-state index is 12.5. The van der Waals surface area contributed by atoms with Crippen LogP contribution in [-0.4, -0.2) is 9.13 Å². The zero-order valence-electron chi connectivity index (χ0n) is 12.3. The van der Waals surface area contributed by atoms with Crippen LogP contribution in [0.4, 0.5) is 0 Å². The van der Waals surface area contributed by atoms with E-state index in [4.69, 9.17) is 0 Å². The van der Waals surface area contributed by atoms with Gasteiger partial charge in [0, 0.05) is 13.6 Å². The fourth-order valence-corrected chi connectivity index (χ4v) is 2.48. The SMILES string of the molecule is Cn1c(=O)n(C/C=C/c2ccccc2)c(=O)c2ccccc21. The van der Waals surface area contributed by atoms with E-state index in [2.05, 4.69) is 0 Å². The van der Waals surface area contributed by atoms with Gasteiger partial charge in [-0.3, -0.25) is 13.9 Å². The predicted octanol–water partition coefficient (Wildman–Crippen LogP) is 2.41. The van der Waals surface area contributed by atoms with Crippen molar-refractivity contribution in [2.45, 2.75) is 6.54 Å². The van der Waals surface area contributed by atoms with Gasteiger partial charge < -0.3 is 0 Å². The van der Waals surface area contributed by atoms with Gasteiger partial charge in [0.2, 0.25) is 0 Å². The lowest BCUT2D eigenvalue weighted by molar-refractivity contribution is 0.672. The van der Waals surface area contributed by atoms with Crippen molar-refractivity contribution in [3.05, 3.63) is 87.1 Å². The highest BCUT2D eigenvalue weighted by atomic mass is 16.2. The smallest absolute Gasteiger partial charge is 0.296 e. The molecule has 0 N–H and O–H groups in total. The van der Waals surface area contributed by atoms with Gasteiger partial charge in [0.05, 0.1) is 10.9 Å². The molecular formula is C18H16N2O2. The highest BCUT2D eigenvalue weighted by Gasteiger charge is 2.08. The van der Waals surface area contributed by atoms with Gasteiger partial charge in [0.25, 0.3) is 5.56 Å². The van der Waals surface area contributed by atoms with Gasteiger partial charge in [0.15, 0.2) is 0 Å². The minimum absolute atomic E-state index is 0.253. The van der Waals surface area contributed by atoms with Gasteiger partial charge in [-0.15, -0.1) is 0 Å². The summed E-state index contributed by atoms with van der Waals surface area (Å²) in [5.74, 6) is 0. The summed E-state index contributed by atoms with van der Waals surface area (Å²) in [5.41, 5.74) is 1.13. The zero-order valence-corrected chi connectivity index (χ0v) is 12.3. The molecule has 0 radical (unpaired) electrons. The molecule has 0 unspecified atom stereocenters. The molecule has 0 aliphatic heterocycles. The lowest BCUT2D eigenvalue weighted by atomic mass is 10.2. The quantitative estimate of drug-likeness (QED) is 0.744. The molecule has 0 atom stereocenters. The van der Waals surface area contributed by atoms with Crippen LogP contribution in [0.25, 0.3) is 17.0 Å². The number of hydrogen-bond donors (Lipinski definition) is 0. The summed E-state index contributed by atoms with van der Waals surface area (Å²) >= 11 is 0. The molecule has 3 aromatic rings. The third-order valence-electron chi connectivity index (χ3n) is 3.66. The number of hydrogen-bond acceptors (Lipinski definition) is 2. The van der Waals surface area contributed by atoms with E-state index in [1.807, 2.05) is 48.6 Å². The Bertz CT molecular complexity index is 950. The third-order valence-corrected chi connectivity index (χ3v) is 3.66. The molecule has 1 heterocycles. The first-order chi connectivity index (χ1) is 10.7. The number of rotatable bonds is 3.